The molecule has 1 aromatic carbocycles. The van der Waals surface area contributed by atoms with Gasteiger partial charge in [-0.1, -0.05) is 6.07 Å². The number of hydrogen-bond donors (Lipinski definition) is 2. The lowest BCUT2D eigenvalue weighted by Gasteiger charge is -2.23. The highest BCUT2D eigenvalue weighted by molar-refractivity contribution is 7.92. The van der Waals surface area contributed by atoms with Crippen LogP contribution in [-0.2, 0) is 26.4 Å². The summed E-state index contributed by atoms with van der Waals surface area (Å²) in [4.78, 5) is 25.2. The number of thiazole rings is 1. The number of amides is 1. The third-order valence-corrected chi connectivity index (χ3v) is 6.21. The maximum absolute atomic E-state index is 13.9. The number of anilines is 2. The van der Waals surface area contributed by atoms with Crippen molar-refractivity contribution in [1.82, 2.24) is 15.0 Å². The lowest BCUT2D eigenvalue weighted by molar-refractivity contribution is -0.137. The molecule has 2 heterocycles. The van der Waals surface area contributed by atoms with Crippen LogP contribution < -0.4 is 14.8 Å². The van der Waals surface area contributed by atoms with Crippen LogP contribution in [0.3, 0.4) is 0 Å². The van der Waals surface area contributed by atoms with Gasteiger partial charge in [-0.15, -0.1) is 11.3 Å². The van der Waals surface area contributed by atoms with Crippen LogP contribution in [0.5, 0.6) is 5.88 Å². The van der Waals surface area contributed by atoms with Crippen LogP contribution >= 0.6 is 11.3 Å². The van der Waals surface area contributed by atoms with E-state index in [9.17, 15) is 26.4 Å². The summed E-state index contributed by atoms with van der Waals surface area (Å²) in [5.74, 6) is -0.587. The van der Waals surface area contributed by atoms with Crippen molar-refractivity contribution in [2.75, 3.05) is 22.9 Å². The Balaban J connectivity index is 1.92. The average Bonchev–Trinajstić information content (AvgIpc) is 3.21. The Kier molecular flexibility index (Phi) is 7.36. The fourth-order valence-electron chi connectivity index (χ4n) is 2.91. The van der Waals surface area contributed by atoms with E-state index in [0.29, 0.717) is 6.61 Å². The van der Waals surface area contributed by atoms with E-state index in [-0.39, 0.29) is 28.0 Å². The average molecular weight is 530 g/mol. The highest BCUT2D eigenvalue weighted by atomic mass is 32.2. The van der Waals surface area contributed by atoms with E-state index in [1.165, 1.54) is 37.7 Å². The minimum Gasteiger partial charge on any atom is -0.477 e. The van der Waals surface area contributed by atoms with Gasteiger partial charge in [0.2, 0.25) is 21.8 Å². The molecule has 3 rings (SSSR count). The highest BCUT2D eigenvalue weighted by Gasteiger charge is 2.37. The molecule has 0 aliphatic heterocycles. The van der Waals surface area contributed by atoms with E-state index in [0.717, 1.165) is 29.7 Å². The van der Waals surface area contributed by atoms with Crippen LogP contribution in [0.25, 0.3) is 11.3 Å². The van der Waals surface area contributed by atoms with E-state index in [1.807, 2.05) is 0 Å². The summed E-state index contributed by atoms with van der Waals surface area (Å²) in [6.45, 7) is 5.00. The first-order chi connectivity index (χ1) is 16.2. The molecule has 0 spiro atoms. The summed E-state index contributed by atoms with van der Waals surface area (Å²) < 4.78 is 71.9. The van der Waals surface area contributed by atoms with Gasteiger partial charge >= 0.3 is 6.18 Å². The number of rotatable bonds is 8. The predicted molar refractivity (Wildman–Crippen MR) is 126 cm³/mol. The molecule has 2 N–H and O–H groups in total. The molecule has 2 aromatic heterocycles. The van der Waals surface area contributed by atoms with Crippen molar-refractivity contribution in [2.24, 2.45) is 0 Å². The first kappa shape index (κ1) is 26.3. The van der Waals surface area contributed by atoms with Gasteiger partial charge in [0.15, 0.2) is 5.13 Å². The number of carbonyl (C=O) groups excluding carboxylic acids is 1. The smallest absolute Gasteiger partial charge is 0.418 e. The number of sulfonamides is 1. The van der Waals surface area contributed by atoms with E-state index in [1.54, 1.807) is 6.92 Å². The SMILES string of the molecule is CCOc1cncc(-c2ccc(NC(=O)C(C)(C)c3csc(NS(C)(=O)=O)n3)c(C(F)(F)F)c2)n1. The van der Waals surface area contributed by atoms with Crippen LogP contribution in [0.15, 0.2) is 36.0 Å². The summed E-state index contributed by atoms with van der Waals surface area (Å²) in [7, 11) is -3.58. The van der Waals surface area contributed by atoms with Crippen LogP contribution in [0.1, 0.15) is 32.0 Å². The van der Waals surface area contributed by atoms with Crippen molar-refractivity contribution < 1.29 is 31.1 Å². The molecule has 188 valence electrons. The molecule has 0 aliphatic carbocycles. The summed E-state index contributed by atoms with van der Waals surface area (Å²) in [6.07, 6.45) is -1.17. The van der Waals surface area contributed by atoms with Gasteiger partial charge in [-0.3, -0.25) is 14.5 Å². The fraction of sp³-hybridized carbons (Fsp3) is 0.333. The van der Waals surface area contributed by atoms with Gasteiger partial charge in [-0.25, -0.2) is 18.4 Å². The predicted octanol–water partition coefficient (Wildman–Crippen LogP) is 4.31. The normalized spacial score (nSPS) is 12.3. The third kappa shape index (κ3) is 6.45. The minimum atomic E-state index is -4.78. The number of nitrogens with one attached hydrogen (secondary N) is 2. The first-order valence-electron chi connectivity index (χ1n) is 10.1. The quantitative estimate of drug-likeness (QED) is 0.446. The molecule has 14 heteroatoms. The summed E-state index contributed by atoms with van der Waals surface area (Å²) >= 11 is 0.954. The maximum atomic E-state index is 13.9. The van der Waals surface area contributed by atoms with Crippen LogP contribution in [-0.4, -0.2) is 42.1 Å². The van der Waals surface area contributed by atoms with Gasteiger partial charge in [0.25, 0.3) is 0 Å². The van der Waals surface area contributed by atoms with Crippen molar-refractivity contribution >= 4 is 38.1 Å². The number of halogens is 3. The lowest BCUT2D eigenvalue weighted by atomic mass is 9.88. The molecule has 0 bridgehead atoms. The zero-order chi connectivity index (χ0) is 26.0. The molecule has 0 atom stereocenters. The second kappa shape index (κ2) is 9.77. The van der Waals surface area contributed by atoms with Gasteiger partial charge in [0, 0.05) is 10.9 Å². The van der Waals surface area contributed by atoms with Crippen molar-refractivity contribution in [1.29, 1.82) is 0 Å². The van der Waals surface area contributed by atoms with Gasteiger partial charge in [-0.05, 0) is 32.9 Å². The molecule has 1 amide bonds. The van der Waals surface area contributed by atoms with E-state index in [4.69, 9.17) is 4.74 Å². The number of ether oxygens (including phenoxy) is 1. The molecule has 9 nitrogen and oxygen atoms in total. The zero-order valence-electron chi connectivity index (χ0n) is 19.1. The summed E-state index contributed by atoms with van der Waals surface area (Å²) in [5.41, 5.74) is -2.38. The molecule has 0 saturated heterocycles. The van der Waals surface area contributed by atoms with Crippen molar-refractivity contribution in [3.05, 3.63) is 47.2 Å². The van der Waals surface area contributed by atoms with Gasteiger partial charge < -0.3 is 10.1 Å². The second-order valence-electron chi connectivity index (χ2n) is 7.92. The monoisotopic (exact) mass is 529 g/mol. The Morgan fingerprint density at radius 3 is 2.51 bits per heavy atom. The van der Waals surface area contributed by atoms with Crippen molar-refractivity contribution in [2.45, 2.75) is 32.4 Å². The standard InChI is InChI=1S/C21H22F3N5O4S2/c1-5-33-17-10-25-9-15(26-17)12-6-7-14(13(8-12)21(22,23)24)27-18(30)20(2,3)16-11-34-19(28-16)29-35(4,31)32/h6-11H,5H2,1-4H3,(H,27,30)(H,28,29). The Hall–Kier alpha value is -3.26. The number of alkyl halides is 3. The maximum Gasteiger partial charge on any atom is 0.418 e. The fourth-order valence-corrected chi connectivity index (χ4v) is 4.64. The number of benzene rings is 1. The summed E-state index contributed by atoms with van der Waals surface area (Å²) in [5, 5.41) is 3.83. The Morgan fingerprint density at radius 2 is 1.89 bits per heavy atom. The number of nitrogens with zero attached hydrogens (tertiary/aromatic N) is 3. The molecule has 35 heavy (non-hydrogen) atoms. The zero-order valence-corrected chi connectivity index (χ0v) is 20.7. The molecule has 0 unspecified atom stereocenters. The van der Waals surface area contributed by atoms with E-state index in [2.05, 4.69) is 25.0 Å². The lowest BCUT2D eigenvalue weighted by Crippen LogP contribution is -2.35. The van der Waals surface area contributed by atoms with Gasteiger partial charge in [-0.2, -0.15) is 13.2 Å². The molecule has 3 aromatic rings. The molecule has 0 fully saturated rings. The van der Waals surface area contributed by atoms with Crippen LogP contribution in [0, 0.1) is 0 Å². The third-order valence-electron chi connectivity index (χ3n) is 4.76. The molecule has 0 radical (unpaired) electrons. The molecule has 0 saturated carbocycles. The molecular weight excluding hydrogens is 507 g/mol. The number of hydrogen-bond acceptors (Lipinski definition) is 8. The molecular formula is C21H22F3N5O4S2. The Bertz CT molecular complexity index is 1340. The first-order valence-corrected chi connectivity index (χ1v) is 12.9. The van der Waals surface area contributed by atoms with E-state index >= 15 is 0 Å². The minimum absolute atomic E-state index is 0.0408. The van der Waals surface area contributed by atoms with Crippen LogP contribution in [0.2, 0.25) is 0 Å². The molecule has 0 aliphatic rings. The van der Waals surface area contributed by atoms with Crippen molar-refractivity contribution in [3.8, 4) is 17.1 Å². The Morgan fingerprint density at radius 1 is 1.17 bits per heavy atom. The highest BCUT2D eigenvalue weighted by Crippen LogP contribution is 2.38. The van der Waals surface area contributed by atoms with Gasteiger partial charge in [0.1, 0.15) is 0 Å². The van der Waals surface area contributed by atoms with Crippen LogP contribution in [0.4, 0.5) is 24.0 Å². The number of carbonyl (C=O) groups is 1. The number of aromatic nitrogens is 3. The summed E-state index contributed by atoms with van der Waals surface area (Å²) in [6, 6.07) is 3.40. The Labute approximate surface area is 203 Å². The van der Waals surface area contributed by atoms with Crippen molar-refractivity contribution in [3.63, 3.8) is 0 Å². The van der Waals surface area contributed by atoms with Gasteiger partial charge in [0.05, 0.1) is 53.3 Å². The second-order valence-corrected chi connectivity index (χ2v) is 10.5. The topological polar surface area (TPSA) is 123 Å². The van der Waals surface area contributed by atoms with E-state index < -0.39 is 38.8 Å². The largest absolute Gasteiger partial charge is 0.477 e.